The van der Waals surface area contributed by atoms with Crippen LogP contribution in [0.3, 0.4) is 0 Å². The van der Waals surface area contributed by atoms with E-state index in [-0.39, 0.29) is 17.2 Å². The first-order valence-electron chi connectivity index (χ1n) is 12.9. The van der Waals surface area contributed by atoms with Crippen LogP contribution in [0.15, 0.2) is 72.8 Å². The lowest BCUT2D eigenvalue weighted by atomic mass is 10.1. The Labute approximate surface area is 206 Å². The Morgan fingerprint density at radius 2 is 1.29 bits per heavy atom. The van der Waals surface area contributed by atoms with Crippen LogP contribution in [0.5, 0.6) is 17.2 Å². The molecule has 0 amide bonds. The van der Waals surface area contributed by atoms with E-state index in [4.69, 9.17) is 26.4 Å². The summed E-state index contributed by atoms with van der Waals surface area (Å²) < 4.78 is 64.9. The molecule has 0 aromatic heterocycles. The van der Waals surface area contributed by atoms with Gasteiger partial charge in [0.05, 0.1) is 5.48 Å². The summed E-state index contributed by atoms with van der Waals surface area (Å²) in [5.74, 6) is -0.206. The van der Waals surface area contributed by atoms with Crippen LogP contribution in [0, 0.1) is 20.8 Å². The zero-order chi connectivity index (χ0) is 27.7. The van der Waals surface area contributed by atoms with Gasteiger partial charge in [-0.2, -0.15) is 0 Å². The highest BCUT2D eigenvalue weighted by atomic mass is 16.7. The van der Waals surface area contributed by atoms with E-state index in [0.29, 0.717) is 0 Å². The maximum absolute atomic E-state index is 12.0. The third-order valence-electron chi connectivity index (χ3n) is 5.06. The summed E-state index contributed by atoms with van der Waals surface area (Å²) in [7, 11) is 0. The van der Waals surface area contributed by atoms with Gasteiger partial charge in [0.1, 0.15) is 29.9 Å². The Balaban J connectivity index is 1.81. The van der Waals surface area contributed by atoms with Crippen molar-refractivity contribution in [3.8, 4) is 17.2 Å². The Morgan fingerprint density at radius 1 is 0.824 bits per heavy atom. The Hall–Kier alpha value is -3.51. The zero-order valence-electron chi connectivity index (χ0n) is 23.5. The van der Waals surface area contributed by atoms with E-state index < -0.39 is 37.1 Å². The second-order valence-corrected chi connectivity index (χ2v) is 8.07. The normalized spacial score (nSPS) is 28.1. The number of aryl methyl sites for hydroxylation is 3. The highest BCUT2D eigenvalue weighted by molar-refractivity contribution is 5.66. The summed E-state index contributed by atoms with van der Waals surface area (Å²) in [5, 5.41) is 0. The van der Waals surface area contributed by atoms with Gasteiger partial charge < -0.3 is 23.7 Å². The molecule has 0 aliphatic carbocycles. The predicted molar refractivity (Wildman–Crippen MR) is 128 cm³/mol. The largest absolute Gasteiger partial charge is 0.491 e. The first-order chi connectivity index (χ1) is 17.8. The molecule has 0 saturated carbocycles. The average Bonchev–Trinajstić information content (AvgIpc) is 3.05. The van der Waals surface area contributed by atoms with E-state index in [1.165, 1.54) is 0 Å². The van der Waals surface area contributed by atoms with Crippen molar-refractivity contribution >= 4 is 5.97 Å². The van der Waals surface area contributed by atoms with Crippen LogP contribution in [-0.2, 0) is 14.3 Å². The quantitative estimate of drug-likeness (QED) is 0.427. The van der Waals surface area contributed by atoms with Crippen molar-refractivity contribution in [3.05, 3.63) is 89.5 Å². The van der Waals surface area contributed by atoms with Gasteiger partial charge >= 0.3 is 5.97 Å². The van der Waals surface area contributed by atoms with Crippen LogP contribution in [0.1, 0.15) is 29.1 Å². The lowest BCUT2D eigenvalue weighted by Gasteiger charge is -2.26. The molecule has 1 heterocycles. The fraction of sp³-hybridized carbons (Fsp3) is 0.321. The minimum absolute atomic E-state index is 0.112. The summed E-state index contributed by atoms with van der Waals surface area (Å²) in [6.45, 7) is 3.80. The summed E-state index contributed by atoms with van der Waals surface area (Å²) in [5.41, 5.74) is 2.82. The molecule has 1 fully saturated rings. The molecule has 3 aromatic rings. The van der Waals surface area contributed by atoms with Gasteiger partial charge in [-0.3, -0.25) is 4.79 Å². The highest BCUT2D eigenvalue weighted by Gasteiger charge is 2.50. The monoisotopic (exact) mass is 466 g/mol. The molecule has 1 unspecified atom stereocenters. The van der Waals surface area contributed by atoms with Gasteiger partial charge in [-0.05, 0) is 57.2 Å². The Morgan fingerprint density at radius 3 is 1.79 bits per heavy atom. The molecule has 178 valence electrons. The predicted octanol–water partition coefficient (Wildman–Crippen LogP) is 5.17. The molecule has 4 rings (SSSR count). The van der Waals surface area contributed by atoms with Gasteiger partial charge in [0, 0.05) is 6.92 Å². The summed E-state index contributed by atoms with van der Waals surface area (Å²) in [6.07, 6.45) is -8.76. The van der Waals surface area contributed by atoms with E-state index in [0.717, 1.165) is 23.6 Å². The number of esters is 1. The SMILES string of the molecule is [2H]C([2H])(Oc1ccc(C)cc1)[C@@]1([2H])OC(OC(C)=O)[C@H](Oc2ccc(C)cc2)[C@]1([2H])Oc1ccc(C)cc1. The van der Waals surface area contributed by atoms with Gasteiger partial charge in [0.2, 0.25) is 6.29 Å². The fourth-order valence-electron chi connectivity index (χ4n) is 3.23. The smallest absolute Gasteiger partial charge is 0.305 e. The van der Waals surface area contributed by atoms with Crippen molar-refractivity contribution in [1.82, 2.24) is 0 Å². The van der Waals surface area contributed by atoms with Crippen molar-refractivity contribution < 1.29 is 34.0 Å². The molecule has 6 heteroatoms. The highest BCUT2D eigenvalue weighted by Crippen LogP contribution is 2.31. The molecule has 4 atom stereocenters. The van der Waals surface area contributed by atoms with Gasteiger partial charge in [-0.25, -0.2) is 0 Å². The number of hydrogen-bond acceptors (Lipinski definition) is 6. The summed E-state index contributed by atoms with van der Waals surface area (Å²) >= 11 is 0. The zero-order valence-corrected chi connectivity index (χ0v) is 19.5. The molecule has 0 spiro atoms. The van der Waals surface area contributed by atoms with Crippen molar-refractivity contribution in [3.63, 3.8) is 0 Å². The summed E-state index contributed by atoms with van der Waals surface area (Å²) in [6, 6.07) is 20.1. The second kappa shape index (κ2) is 10.6. The van der Waals surface area contributed by atoms with Crippen LogP contribution in [0.2, 0.25) is 0 Å². The number of carbonyl (C=O) groups is 1. The van der Waals surface area contributed by atoms with Crippen LogP contribution >= 0.6 is 0 Å². The number of hydrogen-bond donors (Lipinski definition) is 0. The molecule has 0 bridgehead atoms. The van der Waals surface area contributed by atoms with Crippen LogP contribution < -0.4 is 14.2 Å². The van der Waals surface area contributed by atoms with Gasteiger partial charge in [0.25, 0.3) is 0 Å². The molecule has 1 aliphatic heterocycles. The van der Waals surface area contributed by atoms with Crippen LogP contribution in [0.4, 0.5) is 0 Å². The minimum Gasteiger partial charge on any atom is -0.491 e. The Kier molecular flexibility index (Phi) is 5.89. The number of rotatable bonds is 8. The van der Waals surface area contributed by atoms with E-state index >= 15 is 0 Å². The van der Waals surface area contributed by atoms with Crippen LogP contribution in [-0.4, -0.2) is 37.1 Å². The Bertz CT molecular complexity index is 1270. The van der Waals surface area contributed by atoms with E-state index in [1.807, 2.05) is 20.8 Å². The van der Waals surface area contributed by atoms with E-state index in [9.17, 15) is 7.54 Å². The molecule has 0 N–H and O–H groups in total. The van der Waals surface area contributed by atoms with E-state index in [1.54, 1.807) is 72.8 Å². The third-order valence-corrected chi connectivity index (χ3v) is 5.06. The van der Waals surface area contributed by atoms with Crippen molar-refractivity contribution in [2.24, 2.45) is 0 Å². The van der Waals surface area contributed by atoms with Gasteiger partial charge in [0.15, 0.2) is 12.2 Å². The molecule has 3 aromatic carbocycles. The lowest BCUT2D eigenvalue weighted by molar-refractivity contribution is -0.184. The fourth-order valence-corrected chi connectivity index (χ4v) is 3.23. The summed E-state index contributed by atoms with van der Waals surface area (Å²) in [4.78, 5) is 12.0. The standard InChI is InChI=1S/C28H30O6/c1-18-5-11-22(12-6-18)30-17-25-26(32-23-13-7-19(2)8-14-23)27(28(34-25)31-21(4)29)33-24-15-9-20(3)10-16-24/h5-16,25-28H,17H2,1-4H3/t25-,26-,27-,28?/m1/s1/i17D2,25D,26D. The molecular formula is C28H30O6. The van der Waals surface area contributed by atoms with Gasteiger partial charge in [-0.1, -0.05) is 53.1 Å². The molecule has 0 radical (unpaired) electrons. The maximum atomic E-state index is 12.0. The first-order valence-corrected chi connectivity index (χ1v) is 10.9. The second-order valence-electron chi connectivity index (χ2n) is 8.07. The first kappa shape index (κ1) is 18.9. The number of carbonyl (C=O) groups excluding carboxylic acids is 1. The van der Waals surface area contributed by atoms with Crippen molar-refractivity contribution in [2.45, 2.75) is 52.2 Å². The number of ether oxygens (including phenoxy) is 5. The third kappa shape index (κ3) is 6.08. The van der Waals surface area contributed by atoms with Crippen molar-refractivity contribution in [2.75, 3.05) is 6.56 Å². The minimum atomic E-state index is -2.97. The molecule has 6 nitrogen and oxygen atoms in total. The van der Waals surface area contributed by atoms with E-state index in [2.05, 4.69) is 0 Å². The maximum Gasteiger partial charge on any atom is 0.305 e. The van der Waals surface area contributed by atoms with Crippen molar-refractivity contribution in [1.29, 1.82) is 0 Å². The topological polar surface area (TPSA) is 63.2 Å². The molecular weight excluding hydrogens is 432 g/mol. The molecule has 34 heavy (non-hydrogen) atoms. The molecule has 1 aliphatic rings. The molecule has 1 saturated heterocycles. The lowest BCUT2D eigenvalue weighted by Crippen LogP contribution is -2.44. The van der Waals surface area contributed by atoms with Gasteiger partial charge in [-0.15, -0.1) is 0 Å². The number of benzene rings is 3. The van der Waals surface area contributed by atoms with Crippen LogP contribution in [0.25, 0.3) is 0 Å². The average molecular weight is 467 g/mol.